The van der Waals surface area contributed by atoms with Crippen molar-refractivity contribution in [2.24, 2.45) is 17.8 Å². The molecule has 0 bridgehead atoms. The van der Waals surface area contributed by atoms with Crippen molar-refractivity contribution in [3.63, 3.8) is 0 Å². The van der Waals surface area contributed by atoms with Gasteiger partial charge in [0.25, 0.3) is 0 Å². The number of carbonyl (C=O) groups is 1. The van der Waals surface area contributed by atoms with Gasteiger partial charge in [0.1, 0.15) is 6.29 Å². The highest BCUT2D eigenvalue weighted by Crippen LogP contribution is 2.27. The van der Waals surface area contributed by atoms with Crippen LogP contribution in [-0.2, 0) is 4.79 Å². The molecule has 56 valence electrons. The maximum absolute atomic E-state index is 10.5. The molecule has 0 radical (unpaired) electrons. The van der Waals surface area contributed by atoms with Gasteiger partial charge in [-0.15, -0.1) is 0 Å². The SMILES string of the molecule is C[C@@H]1C=CCC(C=O)[C@H]1C. The molecule has 0 fully saturated rings. The summed E-state index contributed by atoms with van der Waals surface area (Å²) in [5.74, 6) is 1.37. The molecule has 0 aromatic heterocycles. The largest absolute Gasteiger partial charge is 0.303 e. The first-order valence-corrected chi connectivity index (χ1v) is 3.87. The van der Waals surface area contributed by atoms with E-state index in [0.717, 1.165) is 12.7 Å². The van der Waals surface area contributed by atoms with Gasteiger partial charge in [0.2, 0.25) is 0 Å². The van der Waals surface area contributed by atoms with E-state index in [0.29, 0.717) is 11.8 Å². The zero-order chi connectivity index (χ0) is 7.56. The molecule has 3 atom stereocenters. The predicted octanol–water partition coefficient (Wildman–Crippen LogP) is 2.03. The summed E-state index contributed by atoms with van der Waals surface area (Å²) in [5, 5.41) is 0. The van der Waals surface area contributed by atoms with Crippen molar-refractivity contribution in [1.29, 1.82) is 0 Å². The van der Waals surface area contributed by atoms with Crippen LogP contribution in [0, 0.1) is 17.8 Å². The van der Waals surface area contributed by atoms with E-state index in [1.54, 1.807) is 0 Å². The maximum Gasteiger partial charge on any atom is 0.123 e. The fourth-order valence-corrected chi connectivity index (χ4v) is 1.41. The lowest BCUT2D eigenvalue weighted by Gasteiger charge is -2.25. The molecule has 0 saturated heterocycles. The highest BCUT2D eigenvalue weighted by molar-refractivity contribution is 5.55. The summed E-state index contributed by atoms with van der Waals surface area (Å²) in [7, 11) is 0. The fraction of sp³-hybridized carbons (Fsp3) is 0.667. The summed E-state index contributed by atoms with van der Waals surface area (Å²) in [6.07, 6.45) is 6.34. The van der Waals surface area contributed by atoms with Crippen molar-refractivity contribution in [2.75, 3.05) is 0 Å². The molecular formula is C9H14O. The minimum Gasteiger partial charge on any atom is -0.303 e. The molecule has 1 aliphatic carbocycles. The molecular weight excluding hydrogens is 124 g/mol. The summed E-state index contributed by atoms with van der Waals surface area (Å²) >= 11 is 0. The van der Waals surface area contributed by atoms with Crippen molar-refractivity contribution in [1.82, 2.24) is 0 Å². The smallest absolute Gasteiger partial charge is 0.123 e. The Kier molecular flexibility index (Phi) is 2.25. The number of rotatable bonds is 1. The second kappa shape index (κ2) is 3.00. The number of hydrogen-bond donors (Lipinski definition) is 0. The van der Waals surface area contributed by atoms with Crippen LogP contribution < -0.4 is 0 Å². The Morgan fingerprint density at radius 1 is 1.50 bits per heavy atom. The van der Waals surface area contributed by atoms with Crippen LogP contribution in [0.4, 0.5) is 0 Å². The molecule has 1 aliphatic rings. The monoisotopic (exact) mass is 138 g/mol. The number of aldehydes is 1. The van der Waals surface area contributed by atoms with Crippen LogP contribution in [0.1, 0.15) is 20.3 Å². The van der Waals surface area contributed by atoms with Gasteiger partial charge in [0.15, 0.2) is 0 Å². The molecule has 1 rings (SSSR count). The lowest BCUT2D eigenvalue weighted by atomic mass is 9.79. The van der Waals surface area contributed by atoms with E-state index in [2.05, 4.69) is 26.0 Å². The minimum atomic E-state index is 0.264. The Morgan fingerprint density at radius 2 is 2.20 bits per heavy atom. The highest BCUT2D eigenvalue weighted by atomic mass is 16.1. The van der Waals surface area contributed by atoms with E-state index in [-0.39, 0.29) is 5.92 Å². The number of allylic oxidation sites excluding steroid dienone is 2. The van der Waals surface area contributed by atoms with Crippen LogP contribution in [-0.4, -0.2) is 6.29 Å². The van der Waals surface area contributed by atoms with E-state index in [4.69, 9.17) is 0 Å². The first kappa shape index (κ1) is 7.52. The first-order valence-electron chi connectivity index (χ1n) is 3.87. The van der Waals surface area contributed by atoms with Gasteiger partial charge in [-0.3, -0.25) is 0 Å². The Labute approximate surface area is 62.1 Å². The molecule has 0 spiro atoms. The number of hydrogen-bond acceptors (Lipinski definition) is 1. The van der Waals surface area contributed by atoms with Crippen LogP contribution in [0.3, 0.4) is 0 Å². The second-order valence-electron chi connectivity index (χ2n) is 3.18. The Balaban J connectivity index is 2.64. The van der Waals surface area contributed by atoms with E-state index < -0.39 is 0 Å². The molecule has 0 amide bonds. The zero-order valence-electron chi connectivity index (χ0n) is 6.58. The molecule has 1 unspecified atom stereocenters. The van der Waals surface area contributed by atoms with Crippen molar-refractivity contribution in [2.45, 2.75) is 20.3 Å². The van der Waals surface area contributed by atoms with Crippen molar-refractivity contribution >= 4 is 6.29 Å². The third kappa shape index (κ3) is 1.28. The second-order valence-corrected chi connectivity index (χ2v) is 3.18. The van der Waals surface area contributed by atoms with Crippen LogP contribution in [0.25, 0.3) is 0 Å². The van der Waals surface area contributed by atoms with Gasteiger partial charge in [-0.2, -0.15) is 0 Å². The molecule has 0 aromatic rings. The van der Waals surface area contributed by atoms with E-state index in [1.165, 1.54) is 0 Å². The molecule has 0 aliphatic heterocycles. The maximum atomic E-state index is 10.5. The van der Waals surface area contributed by atoms with Gasteiger partial charge in [0, 0.05) is 5.92 Å². The third-order valence-electron chi connectivity index (χ3n) is 2.53. The Hall–Kier alpha value is -0.590. The van der Waals surface area contributed by atoms with E-state index in [9.17, 15) is 4.79 Å². The average molecular weight is 138 g/mol. The molecule has 1 nitrogen and oxygen atoms in total. The van der Waals surface area contributed by atoms with Crippen LogP contribution in [0.2, 0.25) is 0 Å². The zero-order valence-corrected chi connectivity index (χ0v) is 6.58. The normalized spacial score (nSPS) is 39.6. The van der Waals surface area contributed by atoms with E-state index >= 15 is 0 Å². The molecule has 10 heavy (non-hydrogen) atoms. The van der Waals surface area contributed by atoms with E-state index in [1.807, 2.05) is 0 Å². The molecule has 0 saturated carbocycles. The quantitative estimate of drug-likeness (QED) is 0.400. The van der Waals surface area contributed by atoms with Gasteiger partial charge < -0.3 is 4.79 Å². The third-order valence-corrected chi connectivity index (χ3v) is 2.53. The Bertz CT molecular complexity index is 149. The standard InChI is InChI=1S/C9H14O/c1-7-4-3-5-9(6-10)8(7)2/h3-4,6-9H,5H2,1-2H3/t7-,8+,9?/m1/s1. The predicted molar refractivity (Wildman–Crippen MR) is 41.6 cm³/mol. The molecule has 0 aromatic carbocycles. The van der Waals surface area contributed by atoms with Gasteiger partial charge in [0.05, 0.1) is 0 Å². The fourth-order valence-electron chi connectivity index (χ4n) is 1.41. The highest BCUT2D eigenvalue weighted by Gasteiger charge is 2.22. The van der Waals surface area contributed by atoms with Crippen LogP contribution in [0.15, 0.2) is 12.2 Å². The van der Waals surface area contributed by atoms with Gasteiger partial charge in [-0.25, -0.2) is 0 Å². The van der Waals surface area contributed by atoms with Crippen LogP contribution >= 0.6 is 0 Å². The first-order chi connectivity index (χ1) is 4.75. The topological polar surface area (TPSA) is 17.1 Å². The lowest BCUT2D eigenvalue weighted by molar-refractivity contribution is -0.112. The van der Waals surface area contributed by atoms with Crippen molar-refractivity contribution < 1.29 is 4.79 Å². The molecule has 0 heterocycles. The molecule has 0 N–H and O–H groups in total. The van der Waals surface area contributed by atoms with Gasteiger partial charge in [-0.05, 0) is 18.3 Å². The molecule has 1 heteroatoms. The average Bonchev–Trinajstić information content (AvgIpc) is 1.95. The number of carbonyl (C=O) groups excluding carboxylic acids is 1. The summed E-state index contributed by atoms with van der Waals surface area (Å²) in [4.78, 5) is 10.5. The summed E-state index contributed by atoms with van der Waals surface area (Å²) in [6, 6.07) is 0. The summed E-state index contributed by atoms with van der Waals surface area (Å²) in [6.45, 7) is 4.31. The summed E-state index contributed by atoms with van der Waals surface area (Å²) in [5.41, 5.74) is 0. The van der Waals surface area contributed by atoms with Crippen LogP contribution in [0.5, 0.6) is 0 Å². The minimum absolute atomic E-state index is 0.264. The lowest BCUT2D eigenvalue weighted by Crippen LogP contribution is -2.21. The Morgan fingerprint density at radius 3 is 2.70 bits per heavy atom. The van der Waals surface area contributed by atoms with Crippen molar-refractivity contribution in [3.8, 4) is 0 Å². The van der Waals surface area contributed by atoms with Crippen molar-refractivity contribution in [3.05, 3.63) is 12.2 Å². The van der Waals surface area contributed by atoms with Gasteiger partial charge >= 0.3 is 0 Å². The van der Waals surface area contributed by atoms with Gasteiger partial charge in [-0.1, -0.05) is 26.0 Å². The summed E-state index contributed by atoms with van der Waals surface area (Å²) < 4.78 is 0.